The number of amides is 1. The second-order valence-corrected chi connectivity index (χ2v) is 6.55. The molecule has 1 heterocycles. The molecule has 1 aromatic heterocycles. The van der Waals surface area contributed by atoms with E-state index in [-0.39, 0.29) is 18.2 Å². The molecular formula is C20H20ClNO4. The first-order valence-corrected chi connectivity index (χ1v) is 8.50. The van der Waals surface area contributed by atoms with Crippen molar-refractivity contribution in [2.24, 2.45) is 0 Å². The lowest BCUT2D eigenvalue weighted by atomic mass is 9.95. The predicted molar refractivity (Wildman–Crippen MR) is 101 cm³/mol. The number of methoxy groups -OCH3 is 2. The van der Waals surface area contributed by atoms with Gasteiger partial charge in [0.15, 0.2) is 17.1 Å². The molecule has 1 atom stereocenters. The van der Waals surface area contributed by atoms with Gasteiger partial charge < -0.3 is 19.2 Å². The molecule has 136 valence electrons. The number of nitrogens with one attached hydrogen (secondary N) is 1. The number of carbonyl (C=O) groups is 1. The second-order valence-electron chi connectivity index (χ2n) is 6.12. The van der Waals surface area contributed by atoms with Crippen molar-refractivity contribution >= 4 is 28.5 Å². The van der Waals surface area contributed by atoms with Crippen LogP contribution < -0.4 is 10.1 Å². The third kappa shape index (κ3) is 3.54. The Balaban J connectivity index is 1.79. The van der Waals surface area contributed by atoms with E-state index in [1.54, 1.807) is 32.4 Å². The minimum Gasteiger partial charge on any atom is -0.493 e. The molecule has 26 heavy (non-hydrogen) atoms. The Morgan fingerprint density at radius 2 is 1.96 bits per heavy atom. The van der Waals surface area contributed by atoms with Gasteiger partial charge in [0.25, 0.3) is 5.91 Å². The number of para-hydroxylation sites is 1. The van der Waals surface area contributed by atoms with Crippen molar-refractivity contribution in [3.8, 4) is 5.75 Å². The van der Waals surface area contributed by atoms with E-state index in [0.717, 1.165) is 10.9 Å². The molecule has 0 radical (unpaired) electrons. The minimum atomic E-state index is -0.718. The van der Waals surface area contributed by atoms with E-state index in [4.69, 9.17) is 25.5 Å². The first-order valence-electron chi connectivity index (χ1n) is 8.13. The van der Waals surface area contributed by atoms with Crippen LogP contribution in [-0.2, 0) is 10.3 Å². The number of hydrogen-bond acceptors (Lipinski definition) is 4. The first-order chi connectivity index (χ1) is 12.5. The molecule has 0 bridgehead atoms. The molecule has 3 aromatic rings. The molecule has 6 heteroatoms. The summed E-state index contributed by atoms with van der Waals surface area (Å²) < 4.78 is 16.6. The molecule has 0 aliphatic heterocycles. The van der Waals surface area contributed by atoms with Crippen LogP contribution in [-0.4, -0.2) is 26.7 Å². The highest BCUT2D eigenvalue weighted by Gasteiger charge is 2.28. The maximum Gasteiger partial charge on any atom is 0.287 e. The summed E-state index contributed by atoms with van der Waals surface area (Å²) in [6, 6.07) is 14.6. The Morgan fingerprint density at radius 3 is 2.65 bits per heavy atom. The van der Waals surface area contributed by atoms with Crippen LogP contribution in [0.2, 0.25) is 5.02 Å². The molecule has 1 unspecified atom stereocenters. The molecule has 1 amide bonds. The van der Waals surface area contributed by atoms with Crippen LogP contribution in [0, 0.1) is 0 Å². The highest BCUT2D eigenvalue weighted by atomic mass is 35.5. The first kappa shape index (κ1) is 18.3. The van der Waals surface area contributed by atoms with Gasteiger partial charge in [-0.2, -0.15) is 0 Å². The predicted octanol–water partition coefficient (Wildman–Crippen LogP) is 4.39. The lowest BCUT2D eigenvalue weighted by Crippen LogP contribution is -2.40. The van der Waals surface area contributed by atoms with E-state index in [0.29, 0.717) is 16.4 Å². The van der Waals surface area contributed by atoms with Crippen molar-refractivity contribution in [2.45, 2.75) is 12.5 Å². The van der Waals surface area contributed by atoms with E-state index in [2.05, 4.69) is 5.32 Å². The minimum absolute atomic E-state index is 0.217. The zero-order chi connectivity index (χ0) is 18.7. The summed E-state index contributed by atoms with van der Waals surface area (Å²) in [4.78, 5) is 12.5. The van der Waals surface area contributed by atoms with Gasteiger partial charge in [0.05, 0.1) is 13.7 Å². The van der Waals surface area contributed by atoms with E-state index in [1.165, 1.54) is 0 Å². The van der Waals surface area contributed by atoms with Gasteiger partial charge in [-0.05, 0) is 36.8 Å². The van der Waals surface area contributed by atoms with Crippen molar-refractivity contribution in [1.82, 2.24) is 5.32 Å². The van der Waals surface area contributed by atoms with E-state index in [9.17, 15) is 4.79 Å². The van der Waals surface area contributed by atoms with Crippen molar-refractivity contribution in [3.63, 3.8) is 0 Å². The topological polar surface area (TPSA) is 60.7 Å². The Kier molecular flexibility index (Phi) is 5.20. The zero-order valence-electron chi connectivity index (χ0n) is 14.8. The largest absolute Gasteiger partial charge is 0.493 e. The van der Waals surface area contributed by atoms with E-state index >= 15 is 0 Å². The molecule has 0 fully saturated rings. The summed E-state index contributed by atoms with van der Waals surface area (Å²) in [7, 11) is 3.16. The van der Waals surface area contributed by atoms with Gasteiger partial charge >= 0.3 is 0 Å². The number of rotatable bonds is 6. The number of benzene rings is 2. The Labute approximate surface area is 156 Å². The number of carbonyl (C=O) groups excluding carboxylic acids is 1. The molecule has 0 spiro atoms. The Hall–Kier alpha value is -2.50. The lowest BCUT2D eigenvalue weighted by Gasteiger charge is -2.29. The number of halogens is 1. The van der Waals surface area contributed by atoms with Crippen molar-refractivity contribution in [2.75, 3.05) is 20.8 Å². The quantitative estimate of drug-likeness (QED) is 0.696. The number of fused-ring (bicyclic) bond motifs is 1. The average Bonchev–Trinajstić information content (AvgIpc) is 3.10. The molecule has 0 aliphatic carbocycles. The summed E-state index contributed by atoms with van der Waals surface area (Å²) >= 11 is 6.07. The summed E-state index contributed by atoms with van der Waals surface area (Å²) in [5, 5.41) is 4.28. The van der Waals surface area contributed by atoms with Crippen LogP contribution >= 0.6 is 11.6 Å². The van der Waals surface area contributed by atoms with Crippen molar-refractivity contribution in [1.29, 1.82) is 0 Å². The fourth-order valence-corrected chi connectivity index (χ4v) is 2.94. The molecule has 0 saturated heterocycles. The Morgan fingerprint density at radius 1 is 1.19 bits per heavy atom. The lowest BCUT2D eigenvalue weighted by molar-refractivity contribution is 0.00295. The number of ether oxygens (including phenoxy) is 2. The van der Waals surface area contributed by atoms with Crippen molar-refractivity contribution < 1.29 is 18.7 Å². The van der Waals surface area contributed by atoms with Crippen LogP contribution in [0.1, 0.15) is 23.0 Å². The third-order valence-electron chi connectivity index (χ3n) is 4.42. The van der Waals surface area contributed by atoms with Gasteiger partial charge in [0.1, 0.15) is 5.60 Å². The Bertz CT molecular complexity index is 936. The summed E-state index contributed by atoms with van der Waals surface area (Å²) in [5.41, 5.74) is 0.702. The molecule has 2 aromatic carbocycles. The normalized spacial score (nSPS) is 13.4. The molecule has 0 saturated carbocycles. The van der Waals surface area contributed by atoms with Gasteiger partial charge in [0, 0.05) is 17.5 Å². The summed E-state index contributed by atoms with van der Waals surface area (Å²) in [6.45, 7) is 2.15. The van der Waals surface area contributed by atoms with Gasteiger partial charge in [0.2, 0.25) is 0 Å². The maximum atomic E-state index is 12.5. The second kappa shape index (κ2) is 7.40. The monoisotopic (exact) mass is 373 g/mol. The highest BCUT2D eigenvalue weighted by Crippen LogP contribution is 2.29. The molecule has 0 aliphatic rings. The van der Waals surface area contributed by atoms with Crippen LogP contribution in [0.5, 0.6) is 5.75 Å². The maximum absolute atomic E-state index is 12.5. The summed E-state index contributed by atoms with van der Waals surface area (Å²) in [5.74, 6) is 0.477. The van der Waals surface area contributed by atoms with Gasteiger partial charge in [-0.1, -0.05) is 35.9 Å². The van der Waals surface area contributed by atoms with Crippen molar-refractivity contribution in [3.05, 3.63) is 64.9 Å². The third-order valence-corrected chi connectivity index (χ3v) is 4.66. The van der Waals surface area contributed by atoms with Crippen LogP contribution in [0.25, 0.3) is 11.0 Å². The van der Waals surface area contributed by atoms with Gasteiger partial charge in [-0.15, -0.1) is 0 Å². The van der Waals surface area contributed by atoms with Gasteiger partial charge in [-0.25, -0.2) is 0 Å². The highest BCUT2D eigenvalue weighted by molar-refractivity contribution is 6.30. The van der Waals surface area contributed by atoms with Crippen LogP contribution in [0.4, 0.5) is 0 Å². The summed E-state index contributed by atoms with van der Waals surface area (Å²) in [6.07, 6.45) is 0. The molecule has 5 nitrogen and oxygen atoms in total. The zero-order valence-corrected chi connectivity index (χ0v) is 15.6. The molecule has 3 rings (SSSR count). The molecule has 1 N–H and O–H groups in total. The average molecular weight is 374 g/mol. The number of hydrogen-bond donors (Lipinski definition) is 1. The molecular weight excluding hydrogens is 354 g/mol. The van der Waals surface area contributed by atoms with Gasteiger partial charge in [-0.3, -0.25) is 4.79 Å². The standard InChI is InChI=1S/C20H20ClNO4/c1-20(25-3,14-7-5-8-15(21)11-14)12-22-19(23)17-10-13-6-4-9-16(24-2)18(13)26-17/h4-11H,12H2,1-3H3,(H,22,23). The van der Waals surface area contributed by atoms with Crippen LogP contribution in [0.3, 0.4) is 0 Å². The van der Waals surface area contributed by atoms with Crippen LogP contribution in [0.15, 0.2) is 52.9 Å². The smallest absolute Gasteiger partial charge is 0.287 e. The number of furan rings is 1. The van der Waals surface area contributed by atoms with E-state index in [1.807, 2.05) is 37.3 Å². The SMILES string of the molecule is COc1cccc2cc(C(=O)NCC(C)(OC)c3cccc(Cl)c3)oc12. The fraction of sp³-hybridized carbons (Fsp3) is 0.250. The van der Waals surface area contributed by atoms with E-state index < -0.39 is 5.60 Å². The fourth-order valence-electron chi connectivity index (χ4n) is 2.75.